The Hall–Kier alpha value is -5.78. The number of rotatable bonds is 12. The number of ether oxygens (including phenoxy) is 1. The van der Waals surface area contributed by atoms with Gasteiger partial charge in [0.1, 0.15) is 28.7 Å². The molecular weight excluding hydrogens is 810 g/mol. The number of halogens is 1. The number of carbonyl (C=O) groups is 6. The van der Waals surface area contributed by atoms with Gasteiger partial charge in [-0.3, -0.25) is 53.4 Å². The number of aliphatic imine (C=N–C) groups is 1. The first-order valence-electron chi connectivity index (χ1n) is 20.0. The van der Waals surface area contributed by atoms with E-state index in [0.717, 1.165) is 38.1 Å². The van der Waals surface area contributed by atoms with Crippen LogP contribution >= 0.6 is 22.9 Å². The molecule has 6 heterocycles. The van der Waals surface area contributed by atoms with Crippen LogP contribution in [0.1, 0.15) is 92.1 Å². The number of thiophene rings is 1. The lowest BCUT2D eigenvalue weighted by atomic mass is 9.99. The molecule has 0 radical (unpaired) electrons. The van der Waals surface area contributed by atoms with Gasteiger partial charge in [0.15, 0.2) is 5.82 Å². The fraction of sp³-hybridized carbons (Fsp3) is 0.405. The molecule has 2 fully saturated rings. The van der Waals surface area contributed by atoms with Crippen molar-refractivity contribution in [1.29, 1.82) is 0 Å². The van der Waals surface area contributed by atoms with Crippen molar-refractivity contribution in [3.8, 4) is 10.8 Å². The van der Waals surface area contributed by atoms with E-state index in [4.69, 9.17) is 21.3 Å². The number of nitrogens with one attached hydrogen (secondary N) is 2. The van der Waals surface area contributed by atoms with E-state index in [2.05, 4.69) is 34.7 Å². The van der Waals surface area contributed by atoms with E-state index >= 15 is 0 Å². The van der Waals surface area contributed by atoms with E-state index in [9.17, 15) is 28.8 Å². The summed E-state index contributed by atoms with van der Waals surface area (Å²) in [5, 5.41) is 15.7. The fourth-order valence-electron chi connectivity index (χ4n) is 8.08. The van der Waals surface area contributed by atoms with E-state index in [1.165, 1.54) is 10.9 Å². The third-order valence-electron chi connectivity index (χ3n) is 11.4. The normalized spacial score (nSPS) is 19.0. The zero-order chi connectivity index (χ0) is 42.2. The van der Waals surface area contributed by atoms with Gasteiger partial charge in [0, 0.05) is 60.2 Å². The third kappa shape index (κ3) is 7.96. The van der Waals surface area contributed by atoms with Crippen molar-refractivity contribution in [3.05, 3.63) is 91.8 Å². The minimum absolute atomic E-state index is 0.0377. The van der Waals surface area contributed by atoms with E-state index in [1.807, 2.05) is 45.6 Å². The summed E-state index contributed by atoms with van der Waals surface area (Å²) in [6, 6.07) is 10.7. The molecule has 1 unspecified atom stereocenters. The molecule has 312 valence electrons. The first kappa shape index (κ1) is 41.0. The number of hydrogen-bond acceptors (Lipinski definition) is 12. The van der Waals surface area contributed by atoms with Crippen molar-refractivity contribution >= 4 is 64.1 Å². The zero-order valence-electron chi connectivity index (χ0n) is 33.5. The predicted octanol–water partition coefficient (Wildman–Crippen LogP) is 3.71. The Labute approximate surface area is 354 Å². The van der Waals surface area contributed by atoms with Crippen molar-refractivity contribution in [2.24, 2.45) is 4.99 Å². The van der Waals surface area contributed by atoms with Crippen molar-refractivity contribution in [1.82, 2.24) is 40.1 Å². The smallest absolute Gasteiger partial charge is 0.266 e. The van der Waals surface area contributed by atoms with E-state index in [-0.39, 0.29) is 61.1 Å². The number of amides is 6. The van der Waals surface area contributed by atoms with Crippen molar-refractivity contribution < 1.29 is 33.5 Å². The summed E-state index contributed by atoms with van der Waals surface area (Å²) in [5.41, 5.74) is 4.08. The second-order valence-electron chi connectivity index (χ2n) is 15.3. The fourth-order valence-corrected chi connectivity index (χ4v) is 9.42. The average Bonchev–Trinajstić information content (AvgIpc) is 3.80. The number of imide groups is 2. The minimum Gasteiger partial charge on any atom is -0.493 e. The molecule has 2 aromatic carbocycles. The number of piperidine rings is 1. The number of carbonyl (C=O) groups excluding carboxylic acids is 6. The highest BCUT2D eigenvalue weighted by atomic mass is 35.5. The van der Waals surface area contributed by atoms with Gasteiger partial charge in [0.05, 0.1) is 36.4 Å². The van der Waals surface area contributed by atoms with Gasteiger partial charge < -0.3 is 15.0 Å². The number of nitrogens with zero attached hydrogens (tertiary/aromatic N) is 7. The van der Waals surface area contributed by atoms with E-state index < -0.39 is 35.7 Å². The number of fused-ring (bicyclic) bond motifs is 4. The molecule has 16 nitrogen and oxygen atoms in total. The largest absolute Gasteiger partial charge is 0.493 e. The minimum atomic E-state index is -1.06. The molecule has 4 aromatic rings. The maximum Gasteiger partial charge on any atom is 0.266 e. The molecule has 4 aliphatic rings. The van der Waals surface area contributed by atoms with Crippen LogP contribution in [0, 0.1) is 20.8 Å². The van der Waals surface area contributed by atoms with Crippen LogP contribution < -0.4 is 15.4 Å². The van der Waals surface area contributed by atoms with Crippen LogP contribution in [0.3, 0.4) is 0 Å². The molecule has 0 spiro atoms. The van der Waals surface area contributed by atoms with Crippen LogP contribution in [0.15, 0.2) is 47.5 Å². The van der Waals surface area contributed by atoms with Gasteiger partial charge >= 0.3 is 0 Å². The number of aryl methyl sites for hydroxylation is 2. The summed E-state index contributed by atoms with van der Waals surface area (Å²) in [6.07, 6.45) is 1.41. The second-order valence-corrected chi connectivity index (χ2v) is 16.9. The molecule has 0 saturated carbocycles. The molecule has 60 heavy (non-hydrogen) atoms. The molecular formula is C42H44ClN9O7S. The Kier molecular flexibility index (Phi) is 11.7. The van der Waals surface area contributed by atoms with Gasteiger partial charge in [-0.05, 0) is 69.9 Å². The lowest BCUT2D eigenvalue weighted by Crippen LogP contribution is -2.54. The van der Waals surface area contributed by atoms with Gasteiger partial charge in [-0.1, -0.05) is 29.8 Å². The number of hydrogen-bond donors (Lipinski definition) is 2. The highest BCUT2D eigenvalue weighted by molar-refractivity contribution is 7.15. The Bertz CT molecular complexity index is 2440. The molecule has 0 bridgehead atoms. The van der Waals surface area contributed by atoms with Gasteiger partial charge in [-0.2, -0.15) is 0 Å². The Balaban J connectivity index is 0.803. The number of piperazine rings is 1. The van der Waals surface area contributed by atoms with Gasteiger partial charge in [-0.25, -0.2) is 0 Å². The van der Waals surface area contributed by atoms with Crippen LogP contribution in [0.5, 0.6) is 5.75 Å². The molecule has 0 aliphatic carbocycles. The number of aromatic nitrogens is 3. The summed E-state index contributed by atoms with van der Waals surface area (Å²) in [6.45, 7) is 9.00. The summed E-state index contributed by atoms with van der Waals surface area (Å²) in [5.74, 6) is -0.895. The van der Waals surface area contributed by atoms with Crippen LogP contribution in [0.2, 0.25) is 5.02 Å². The van der Waals surface area contributed by atoms with Gasteiger partial charge in [-0.15, -0.1) is 21.5 Å². The van der Waals surface area contributed by atoms with Crippen LogP contribution in [-0.2, 0) is 19.2 Å². The summed E-state index contributed by atoms with van der Waals surface area (Å²) < 4.78 is 7.94. The predicted molar refractivity (Wildman–Crippen MR) is 222 cm³/mol. The maximum absolute atomic E-state index is 13.9. The highest BCUT2D eigenvalue weighted by Gasteiger charge is 2.46. The standard InChI is InChI=1S/C42H44ClN9O7S/c1-23-24(2)60-42-35(23)37(26-9-11-27(43)12-10-26)45-29(38-48-47-25(3)51(38)42)21-34(55)50-18-16-49(17-19-50)22-33(54)44-15-4-5-20-59-31-8-6-7-28-36(31)41(58)52(40(28)57)30-13-14-32(53)46-39(30)56/h6-12,29-30H,4-5,13-22H2,1-3H3,(H,44,54)(H,46,53,56)/t29-,30?/m0/s1. The molecule has 2 N–H and O–H groups in total. The average molecular weight is 854 g/mol. The number of unbranched alkanes of at least 4 members (excludes halogenated alkanes) is 1. The Morgan fingerprint density at radius 3 is 2.47 bits per heavy atom. The van der Waals surface area contributed by atoms with Crippen LogP contribution in [-0.4, -0.2) is 123 Å². The number of benzene rings is 2. The van der Waals surface area contributed by atoms with Crippen molar-refractivity contribution in [3.63, 3.8) is 0 Å². The first-order valence-corrected chi connectivity index (χ1v) is 21.2. The van der Waals surface area contributed by atoms with Crippen LogP contribution in [0.4, 0.5) is 0 Å². The van der Waals surface area contributed by atoms with E-state index in [1.54, 1.807) is 23.5 Å². The molecule has 18 heteroatoms. The van der Waals surface area contributed by atoms with E-state index in [0.29, 0.717) is 56.4 Å². The molecule has 8 rings (SSSR count). The summed E-state index contributed by atoms with van der Waals surface area (Å²) >= 11 is 7.91. The first-order chi connectivity index (χ1) is 28.9. The van der Waals surface area contributed by atoms with Crippen LogP contribution in [0.25, 0.3) is 5.00 Å². The highest BCUT2D eigenvalue weighted by Crippen LogP contribution is 2.40. The second kappa shape index (κ2) is 17.1. The Morgan fingerprint density at radius 2 is 1.72 bits per heavy atom. The monoisotopic (exact) mass is 853 g/mol. The van der Waals surface area contributed by atoms with Gasteiger partial charge in [0.2, 0.25) is 23.6 Å². The van der Waals surface area contributed by atoms with Crippen molar-refractivity contribution in [2.75, 3.05) is 45.9 Å². The topological polar surface area (TPSA) is 188 Å². The third-order valence-corrected chi connectivity index (χ3v) is 12.8. The molecule has 2 aromatic heterocycles. The maximum atomic E-state index is 13.9. The summed E-state index contributed by atoms with van der Waals surface area (Å²) in [4.78, 5) is 88.3. The quantitative estimate of drug-likeness (QED) is 0.157. The summed E-state index contributed by atoms with van der Waals surface area (Å²) in [7, 11) is 0. The zero-order valence-corrected chi connectivity index (χ0v) is 35.0. The lowest BCUT2D eigenvalue weighted by molar-refractivity contribution is -0.136. The Morgan fingerprint density at radius 1 is 0.950 bits per heavy atom. The molecule has 4 aliphatic heterocycles. The van der Waals surface area contributed by atoms with Crippen molar-refractivity contribution in [2.45, 2.75) is 65.0 Å². The lowest BCUT2D eigenvalue weighted by Gasteiger charge is -2.34. The molecule has 2 saturated heterocycles. The molecule has 2 atom stereocenters. The van der Waals surface area contributed by atoms with Gasteiger partial charge in [0.25, 0.3) is 11.8 Å². The molecule has 6 amide bonds. The SMILES string of the molecule is Cc1sc2c(c1C)C(c1ccc(Cl)cc1)=N[C@@H](CC(=O)N1CCN(CC(=O)NCCCCOc3cccc4c3C(=O)N(C3CCC(=O)NC3=O)C4=O)CC1)c1nnc(C)n1-2.